The predicted octanol–water partition coefficient (Wildman–Crippen LogP) is 3.81. The first-order valence-electron chi connectivity index (χ1n) is 9.35. The third-order valence-electron chi connectivity index (χ3n) is 4.92. The summed E-state index contributed by atoms with van der Waals surface area (Å²) in [5.41, 5.74) is 2.81. The molecule has 0 bridgehead atoms. The van der Waals surface area contributed by atoms with Gasteiger partial charge in [-0.2, -0.15) is 0 Å². The molecule has 1 aliphatic rings. The molecule has 148 valence electrons. The van der Waals surface area contributed by atoms with Crippen LogP contribution >= 0.6 is 11.3 Å². The number of likely N-dealkylation sites (tertiary alicyclic amines) is 1. The van der Waals surface area contributed by atoms with Crippen LogP contribution in [-0.4, -0.2) is 35.4 Å². The molecule has 0 radical (unpaired) electrons. The number of amides is 2. The van der Waals surface area contributed by atoms with Gasteiger partial charge in [0.25, 0.3) is 0 Å². The van der Waals surface area contributed by atoms with Crippen LogP contribution in [0.5, 0.6) is 5.75 Å². The van der Waals surface area contributed by atoms with E-state index in [4.69, 9.17) is 4.74 Å². The van der Waals surface area contributed by atoms with Crippen molar-refractivity contribution < 1.29 is 14.3 Å². The lowest BCUT2D eigenvalue weighted by Gasteiger charge is -2.16. The van der Waals surface area contributed by atoms with Crippen molar-refractivity contribution in [1.29, 1.82) is 0 Å². The number of carbonyl (C=O) groups excluding carboxylic acids is 2. The van der Waals surface area contributed by atoms with Crippen LogP contribution in [0.1, 0.15) is 12.0 Å². The zero-order valence-electron chi connectivity index (χ0n) is 16.0. The molecule has 0 unspecified atom stereocenters. The van der Waals surface area contributed by atoms with Crippen LogP contribution in [0.2, 0.25) is 0 Å². The Kier molecular flexibility index (Phi) is 5.57. The number of carbonyl (C=O) groups is 2. The van der Waals surface area contributed by atoms with Gasteiger partial charge >= 0.3 is 0 Å². The van der Waals surface area contributed by atoms with Gasteiger partial charge < -0.3 is 15.0 Å². The number of hydrogen-bond acceptors (Lipinski definition) is 5. The Bertz CT molecular complexity index is 1000. The van der Waals surface area contributed by atoms with Gasteiger partial charge in [-0.05, 0) is 29.8 Å². The maximum absolute atomic E-state index is 12.6. The summed E-state index contributed by atoms with van der Waals surface area (Å²) < 4.78 is 5.17. The van der Waals surface area contributed by atoms with Gasteiger partial charge in [0.1, 0.15) is 5.75 Å². The first-order valence-corrected chi connectivity index (χ1v) is 10.2. The van der Waals surface area contributed by atoms with E-state index in [1.165, 1.54) is 11.3 Å². The van der Waals surface area contributed by atoms with Crippen molar-refractivity contribution in [3.63, 3.8) is 0 Å². The highest BCUT2D eigenvalue weighted by Crippen LogP contribution is 2.28. The van der Waals surface area contributed by atoms with Gasteiger partial charge in [-0.25, -0.2) is 4.98 Å². The van der Waals surface area contributed by atoms with E-state index in [9.17, 15) is 9.59 Å². The van der Waals surface area contributed by atoms with Crippen molar-refractivity contribution in [2.24, 2.45) is 5.92 Å². The first-order chi connectivity index (χ1) is 14.1. The van der Waals surface area contributed by atoms with E-state index in [2.05, 4.69) is 10.3 Å². The standard InChI is InChI=1S/C22H21N3O3S/c1-28-18-9-7-16(8-10-18)19-14-29-22(23-19)24-21(27)17-11-20(26)25(13-17)12-15-5-3-2-4-6-15/h2-10,14,17H,11-13H2,1H3,(H,23,24,27)/t17-/m1/s1. The van der Waals surface area contributed by atoms with Gasteiger partial charge in [0, 0.05) is 30.5 Å². The number of hydrogen-bond donors (Lipinski definition) is 1. The van der Waals surface area contributed by atoms with Crippen LogP contribution in [0.4, 0.5) is 5.13 Å². The Morgan fingerprint density at radius 2 is 1.97 bits per heavy atom. The molecule has 1 N–H and O–H groups in total. The normalized spacial score (nSPS) is 16.1. The first kappa shape index (κ1) is 19.1. The molecule has 1 aromatic heterocycles. The average molecular weight is 407 g/mol. The highest BCUT2D eigenvalue weighted by atomic mass is 32.1. The zero-order valence-corrected chi connectivity index (χ0v) is 16.8. The SMILES string of the molecule is COc1ccc(-c2csc(NC(=O)[C@@H]3CC(=O)N(Cc4ccccc4)C3)n2)cc1. The average Bonchev–Trinajstić information content (AvgIpc) is 3.36. The second-order valence-electron chi connectivity index (χ2n) is 6.92. The Labute approximate surface area is 173 Å². The Morgan fingerprint density at radius 3 is 2.69 bits per heavy atom. The highest BCUT2D eigenvalue weighted by molar-refractivity contribution is 7.14. The molecule has 29 heavy (non-hydrogen) atoms. The van der Waals surface area contributed by atoms with Crippen molar-refractivity contribution in [2.45, 2.75) is 13.0 Å². The minimum atomic E-state index is -0.362. The van der Waals surface area contributed by atoms with Crippen LogP contribution in [0, 0.1) is 5.92 Å². The molecule has 6 nitrogen and oxygen atoms in total. The maximum Gasteiger partial charge on any atom is 0.231 e. The van der Waals surface area contributed by atoms with Crippen LogP contribution in [0.15, 0.2) is 60.0 Å². The predicted molar refractivity (Wildman–Crippen MR) is 113 cm³/mol. The molecule has 0 saturated carbocycles. The fourth-order valence-electron chi connectivity index (χ4n) is 3.34. The van der Waals surface area contributed by atoms with Crippen molar-refractivity contribution in [2.75, 3.05) is 19.0 Å². The molecular weight excluding hydrogens is 386 g/mol. The van der Waals surface area contributed by atoms with E-state index < -0.39 is 0 Å². The molecule has 7 heteroatoms. The van der Waals surface area contributed by atoms with Crippen LogP contribution in [0.3, 0.4) is 0 Å². The van der Waals surface area contributed by atoms with E-state index in [0.29, 0.717) is 18.2 Å². The summed E-state index contributed by atoms with van der Waals surface area (Å²) in [4.78, 5) is 31.2. The van der Waals surface area contributed by atoms with Gasteiger partial charge in [-0.3, -0.25) is 9.59 Å². The number of methoxy groups -OCH3 is 1. The van der Waals surface area contributed by atoms with Crippen LogP contribution in [-0.2, 0) is 16.1 Å². The third-order valence-corrected chi connectivity index (χ3v) is 5.68. The van der Waals surface area contributed by atoms with Crippen molar-refractivity contribution in [1.82, 2.24) is 9.88 Å². The Hall–Kier alpha value is -3.19. The van der Waals surface area contributed by atoms with E-state index in [-0.39, 0.29) is 24.2 Å². The summed E-state index contributed by atoms with van der Waals surface area (Å²) in [6.45, 7) is 0.957. The van der Waals surface area contributed by atoms with Gasteiger partial charge in [-0.15, -0.1) is 11.3 Å². The lowest BCUT2D eigenvalue weighted by Crippen LogP contribution is -2.28. The summed E-state index contributed by atoms with van der Waals surface area (Å²) in [7, 11) is 1.63. The fourth-order valence-corrected chi connectivity index (χ4v) is 4.06. The molecule has 0 spiro atoms. The number of ether oxygens (including phenoxy) is 1. The second-order valence-corrected chi connectivity index (χ2v) is 7.77. The fraction of sp³-hybridized carbons (Fsp3) is 0.227. The molecule has 1 saturated heterocycles. The molecule has 2 aromatic carbocycles. The lowest BCUT2D eigenvalue weighted by atomic mass is 10.1. The topological polar surface area (TPSA) is 71.5 Å². The molecule has 3 aromatic rings. The Balaban J connectivity index is 1.37. The minimum Gasteiger partial charge on any atom is -0.497 e. The lowest BCUT2D eigenvalue weighted by molar-refractivity contribution is -0.128. The third kappa shape index (κ3) is 4.46. The van der Waals surface area contributed by atoms with E-state index in [0.717, 1.165) is 22.6 Å². The molecule has 1 atom stereocenters. The number of benzene rings is 2. The number of anilines is 1. The van der Waals surface area contributed by atoms with Crippen LogP contribution in [0.25, 0.3) is 11.3 Å². The summed E-state index contributed by atoms with van der Waals surface area (Å²) in [6, 6.07) is 17.4. The number of rotatable bonds is 6. The van der Waals surface area contributed by atoms with Crippen molar-refractivity contribution >= 4 is 28.3 Å². The number of nitrogens with one attached hydrogen (secondary N) is 1. The molecule has 2 heterocycles. The van der Waals surface area contributed by atoms with Gasteiger partial charge in [0.05, 0.1) is 18.7 Å². The molecule has 4 rings (SSSR count). The monoisotopic (exact) mass is 407 g/mol. The van der Waals surface area contributed by atoms with Crippen LogP contribution < -0.4 is 10.1 Å². The quantitative estimate of drug-likeness (QED) is 0.675. The summed E-state index contributed by atoms with van der Waals surface area (Å²) in [5.74, 6) is 0.264. The maximum atomic E-state index is 12.6. The minimum absolute atomic E-state index is 0.00654. The van der Waals surface area contributed by atoms with E-state index >= 15 is 0 Å². The number of nitrogens with zero attached hydrogens (tertiary/aromatic N) is 2. The summed E-state index contributed by atoms with van der Waals surface area (Å²) in [6.07, 6.45) is 0.232. The number of thiazole rings is 1. The summed E-state index contributed by atoms with van der Waals surface area (Å²) >= 11 is 1.37. The van der Waals surface area contributed by atoms with Crippen molar-refractivity contribution in [3.05, 3.63) is 65.5 Å². The zero-order chi connectivity index (χ0) is 20.2. The Morgan fingerprint density at radius 1 is 1.21 bits per heavy atom. The van der Waals surface area contributed by atoms with Crippen molar-refractivity contribution in [3.8, 4) is 17.0 Å². The van der Waals surface area contributed by atoms with Gasteiger partial charge in [-0.1, -0.05) is 30.3 Å². The molecular formula is C22H21N3O3S. The smallest absolute Gasteiger partial charge is 0.231 e. The summed E-state index contributed by atoms with van der Waals surface area (Å²) in [5, 5.41) is 5.30. The van der Waals surface area contributed by atoms with Gasteiger partial charge in [0.2, 0.25) is 11.8 Å². The molecule has 1 aliphatic heterocycles. The second kappa shape index (κ2) is 8.45. The molecule has 0 aliphatic carbocycles. The largest absolute Gasteiger partial charge is 0.497 e. The number of aromatic nitrogens is 1. The molecule has 2 amide bonds. The highest BCUT2D eigenvalue weighted by Gasteiger charge is 2.34. The van der Waals surface area contributed by atoms with Gasteiger partial charge in [0.15, 0.2) is 5.13 Å². The van der Waals surface area contributed by atoms with E-state index in [1.807, 2.05) is 60.0 Å². The van der Waals surface area contributed by atoms with E-state index in [1.54, 1.807) is 12.0 Å². The molecule has 1 fully saturated rings.